The molecule has 0 saturated heterocycles. The zero-order chi connectivity index (χ0) is 14.1. The van der Waals surface area contributed by atoms with Crippen molar-refractivity contribution in [3.63, 3.8) is 0 Å². The highest BCUT2D eigenvalue weighted by atomic mass is 79.9. The summed E-state index contributed by atoms with van der Waals surface area (Å²) < 4.78 is 11.7. The van der Waals surface area contributed by atoms with Crippen molar-refractivity contribution in [3.8, 4) is 17.2 Å². The van der Waals surface area contributed by atoms with Crippen LogP contribution in [-0.2, 0) is 13.1 Å². The number of aromatic hydroxyl groups is 1. The van der Waals surface area contributed by atoms with Crippen molar-refractivity contribution in [3.05, 3.63) is 38.5 Å². The molecule has 0 radical (unpaired) electrons. The molecule has 1 aromatic heterocycles. The first-order valence-corrected chi connectivity index (χ1v) is 7.90. The maximum absolute atomic E-state index is 10.0. The second-order valence-corrected chi connectivity index (χ2v) is 7.40. The Morgan fingerprint density at radius 2 is 2.00 bits per heavy atom. The van der Waals surface area contributed by atoms with Crippen molar-refractivity contribution >= 4 is 27.3 Å². The van der Waals surface area contributed by atoms with Gasteiger partial charge >= 0.3 is 0 Å². The van der Waals surface area contributed by atoms with Crippen LogP contribution in [0.1, 0.15) is 10.4 Å². The highest BCUT2D eigenvalue weighted by Crippen LogP contribution is 2.37. The van der Waals surface area contributed by atoms with E-state index >= 15 is 0 Å². The first-order chi connectivity index (χ1) is 9.61. The van der Waals surface area contributed by atoms with E-state index < -0.39 is 0 Å². The number of hydrogen-bond acceptors (Lipinski definition) is 4. The Balaban J connectivity index is 1.71. The van der Waals surface area contributed by atoms with E-state index in [2.05, 4.69) is 35.1 Å². The lowest BCUT2D eigenvalue weighted by molar-refractivity contribution is -0.907. The molecule has 0 fully saturated rings. The van der Waals surface area contributed by atoms with Crippen LogP contribution in [0.4, 0.5) is 0 Å². The van der Waals surface area contributed by atoms with Gasteiger partial charge in [-0.3, -0.25) is 0 Å². The summed E-state index contributed by atoms with van der Waals surface area (Å²) >= 11 is 5.21. The fourth-order valence-electron chi connectivity index (χ4n) is 2.25. The van der Waals surface area contributed by atoms with Gasteiger partial charge in [0.25, 0.3) is 0 Å². The average molecular weight is 357 g/mol. The van der Waals surface area contributed by atoms with E-state index in [4.69, 9.17) is 9.47 Å². The molecule has 1 aliphatic heterocycles. The minimum Gasteiger partial charge on any atom is -0.507 e. The summed E-state index contributed by atoms with van der Waals surface area (Å²) in [5, 5.41) is 10.0. The number of fused-ring (bicyclic) bond motifs is 1. The van der Waals surface area contributed by atoms with E-state index in [1.165, 1.54) is 9.78 Å². The Morgan fingerprint density at radius 3 is 2.70 bits per heavy atom. The number of phenols is 1. The number of ether oxygens (including phenoxy) is 2. The summed E-state index contributed by atoms with van der Waals surface area (Å²) in [7, 11) is 2.11. The van der Waals surface area contributed by atoms with Crippen molar-refractivity contribution in [2.24, 2.45) is 0 Å². The molecule has 1 atom stereocenters. The maximum atomic E-state index is 10.0. The molecule has 1 aliphatic rings. The lowest BCUT2D eigenvalue weighted by Crippen LogP contribution is -3.06. The molecule has 0 bridgehead atoms. The molecule has 0 aliphatic carbocycles. The number of nitrogens with one attached hydrogen (secondary N) is 1. The summed E-state index contributed by atoms with van der Waals surface area (Å²) in [6, 6.07) is 7.68. The van der Waals surface area contributed by atoms with Crippen LogP contribution in [0.5, 0.6) is 17.2 Å². The van der Waals surface area contributed by atoms with Crippen molar-refractivity contribution < 1.29 is 19.5 Å². The molecule has 20 heavy (non-hydrogen) atoms. The predicted molar refractivity (Wildman–Crippen MR) is 80.5 cm³/mol. The Morgan fingerprint density at radius 1 is 1.25 bits per heavy atom. The quantitative estimate of drug-likeness (QED) is 0.882. The highest BCUT2D eigenvalue weighted by molar-refractivity contribution is 9.11. The zero-order valence-corrected chi connectivity index (χ0v) is 13.4. The van der Waals surface area contributed by atoms with Gasteiger partial charge in [0.2, 0.25) is 6.79 Å². The normalized spacial score (nSPS) is 14.5. The molecule has 0 saturated carbocycles. The first-order valence-electron chi connectivity index (χ1n) is 6.29. The van der Waals surface area contributed by atoms with E-state index in [0.717, 1.165) is 22.4 Å². The predicted octanol–water partition coefficient (Wildman–Crippen LogP) is 2.16. The van der Waals surface area contributed by atoms with Gasteiger partial charge in [0, 0.05) is 6.07 Å². The molecule has 4 nitrogen and oxygen atoms in total. The van der Waals surface area contributed by atoms with Crippen LogP contribution in [0.2, 0.25) is 0 Å². The van der Waals surface area contributed by atoms with Crippen molar-refractivity contribution in [1.82, 2.24) is 0 Å². The van der Waals surface area contributed by atoms with Gasteiger partial charge in [0.1, 0.15) is 18.8 Å². The van der Waals surface area contributed by atoms with Gasteiger partial charge in [-0.2, -0.15) is 0 Å². The number of halogens is 1. The molecule has 1 unspecified atom stereocenters. The van der Waals surface area contributed by atoms with Gasteiger partial charge in [-0.25, -0.2) is 0 Å². The Bertz CT molecular complexity index is 629. The van der Waals surface area contributed by atoms with Gasteiger partial charge in [-0.05, 0) is 34.1 Å². The number of benzene rings is 1. The lowest BCUT2D eigenvalue weighted by Gasteiger charge is -2.14. The molecule has 0 spiro atoms. The SMILES string of the molecule is C[NH+](Cc1ccc(Br)s1)Cc1cc2c(cc1O)OCO2. The van der Waals surface area contributed by atoms with E-state index in [1.54, 1.807) is 17.4 Å². The topological polar surface area (TPSA) is 43.1 Å². The van der Waals surface area contributed by atoms with Crippen LogP contribution in [0.3, 0.4) is 0 Å². The number of rotatable bonds is 4. The molecule has 2 N–H and O–H groups in total. The van der Waals surface area contributed by atoms with E-state index in [-0.39, 0.29) is 12.5 Å². The maximum Gasteiger partial charge on any atom is 0.231 e. The molecule has 1 aromatic carbocycles. The van der Waals surface area contributed by atoms with E-state index in [9.17, 15) is 5.11 Å². The molecule has 6 heteroatoms. The lowest BCUT2D eigenvalue weighted by atomic mass is 10.1. The van der Waals surface area contributed by atoms with Crippen LogP contribution in [0.25, 0.3) is 0 Å². The molecular formula is C14H15BrNO3S+. The summed E-state index contributed by atoms with van der Waals surface area (Å²) in [5.74, 6) is 1.59. The van der Waals surface area contributed by atoms with Gasteiger partial charge in [0.15, 0.2) is 11.5 Å². The number of quaternary nitrogens is 1. The number of hydrogen-bond donors (Lipinski definition) is 2. The second kappa shape index (κ2) is 5.63. The van der Waals surface area contributed by atoms with Crippen LogP contribution in [0.15, 0.2) is 28.1 Å². The third-order valence-corrected chi connectivity index (χ3v) is 4.79. The van der Waals surface area contributed by atoms with Crippen molar-refractivity contribution in [2.45, 2.75) is 13.1 Å². The third kappa shape index (κ3) is 2.92. The monoisotopic (exact) mass is 356 g/mol. The largest absolute Gasteiger partial charge is 0.507 e. The number of thiophene rings is 1. The Hall–Kier alpha value is -1.24. The van der Waals surface area contributed by atoms with Gasteiger partial charge in [0.05, 0.1) is 21.3 Å². The van der Waals surface area contributed by atoms with Gasteiger partial charge in [-0.15, -0.1) is 11.3 Å². The van der Waals surface area contributed by atoms with Gasteiger partial charge in [-0.1, -0.05) is 0 Å². The van der Waals surface area contributed by atoms with Crippen LogP contribution < -0.4 is 14.4 Å². The van der Waals surface area contributed by atoms with E-state index in [0.29, 0.717) is 11.5 Å². The molecule has 0 amide bonds. The standard InChI is InChI=1S/C14H14BrNO3S/c1-16(7-10-2-3-14(15)20-10)6-9-4-12-13(5-11(9)17)19-8-18-12/h2-5,17H,6-8H2,1H3/p+1. The molecule has 106 valence electrons. The zero-order valence-electron chi connectivity index (χ0n) is 11.0. The summed E-state index contributed by atoms with van der Waals surface area (Å²) in [5.41, 5.74) is 0.877. The second-order valence-electron chi connectivity index (χ2n) is 4.85. The summed E-state index contributed by atoms with van der Waals surface area (Å²) in [6.07, 6.45) is 0. The Labute approximate surface area is 129 Å². The Kier molecular flexibility index (Phi) is 3.87. The van der Waals surface area contributed by atoms with Gasteiger partial charge < -0.3 is 19.5 Å². The smallest absolute Gasteiger partial charge is 0.231 e. The minimum absolute atomic E-state index is 0.226. The number of phenolic OH excluding ortho intramolecular Hbond substituents is 1. The van der Waals surface area contributed by atoms with Crippen molar-refractivity contribution in [1.29, 1.82) is 0 Å². The molecule has 2 heterocycles. The van der Waals surface area contributed by atoms with Crippen LogP contribution >= 0.6 is 27.3 Å². The first kappa shape index (κ1) is 13.7. The van der Waals surface area contributed by atoms with Crippen LogP contribution in [0, 0.1) is 0 Å². The minimum atomic E-state index is 0.226. The fraction of sp³-hybridized carbons (Fsp3) is 0.286. The molecular weight excluding hydrogens is 342 g/mol. The summed E-state index contributed by atoms with van der Waals surface area (Å²) in [6.45, 7) is 1.88. The summed E-state index contributed by atoms with van der Waals surface area (Å²) in [4.78, 5) is 2.61. The van der Waals surface area contributed by atoms with E-state index in [1.807, 2.05) is 6.07 Å². The highest BCUT2D eigenvalue weighted by Gasteiger charge is 2.19. The molecule has 3 rings (SSSR count). The average Bonchev–Trinajstić information content (AvgIpc) is 2.98. The fourth-order valence-corrected chi connectivity index (χ4v) is 3.84. The van der Waals surface area contributed by atoms with Crippen LogP contribution in [-0.4, -0.2) is 18.9 Å². The third-order valence-electron chi connectivity index (χ3n) is 3.17. The molecule has 2 aromatic rings. The van der Waals surface area contributed by atoms with Crippen molar-refractivity contribution in [2.75, 3.05) is 13.8 Å².